The van der Waals surface area contributed by atoms with Crippen molar-refractivity contribution in [3.05, 3.63) is 24.3 Å². The Labute approximate surface area is 115 Å². The zero-order valence-electron chi connectivity index (χ0n) is 12.1. The molecule has 0 amide bonds. The number of nitrogens with zero attached hydrogens (tertiary/aromatic N) is 1. The van der Waals surface area contributed by atoms with Crippen LogP contribution in [0.4, 0.5) is 5.69 Å². The number of rotatable bonds is 2. The molecular formula is C16H24N2O. The maximum Gasteiger partial charge on any atom is 0.119 e. The number of hydrogen-bond acceptors (Lipinski definition) is 3. The lowest BCUT2D eigenvalue weighted by Gasteiger charge is -2.48. The van der Waals surface area contributed by atoms with E-state index in [-0.39, 0.29) is 0 Å². The normalized spacial score (nSPS) is 29.1. The maximum absolute atomic E-state index is 5.25. The highest BCUT2D eigenvalue weighted by atomic mass is 16.5. The molecule has 3 aliphatic heterocycles. The lowest BCUT2D eigenvalue weighted by Crippen LogP contribution is -2.53. The molecule has 2 bridgehead atoms. The zero-order valence-corrected chi connectivity index (χ0v) is 12.1. The van der Waals surface area contributed by atoms with Crippen molar-refractivity contribution in [2.45, 2.75) is 26.3 Å². The summed E-state index contributed by atoms with van der Waals surface area (Å²) in [5.41, 5.74) is 1.71. The molecule has 3 aliphatic rings. The summed E-state index contributed by atoms with van der Waals surface area (Å²) >= 11 is 0. The molecule has 3 fully saturated rings. The van der Waals surface area contributed by atoms with Gasteiger partial charge >= 0.3 is 0 Å². The quantitative estimate of drug-likeness (QED) is 0.884. The van der Waals surface area contributed by atoms with Crippen LogP contribution in [0.2, 0.25) is 0 Å². The minimum Gasteiger partial charge on any atom is -0.497 e. The number of nitrogens with one attached hydrogen (secondary N) is 1. The van der Waals surface area contributed by atoms with Crippen molar-refractivity contribution in [3.8, 4) is 5.75 Å². The van der Waals surface area contributed by atoms with Gasteiger partial charge in [-0.15, -0.1) is 0 Å². The van der Waals surface area contributed by atoms with Crippen LogP contribution in [-0.4, -0.2) is 32.8 Å². The molecule has 3 heteroatoms. The van der Waals surface area contributed by atoms with Crippen LogP contribution < -0.4 is 15.0 Å². The number of ether oxygens (including phenoxy) is 1. The number of piperidine rings is 1. The first-order valence-corrected chi connectivity index (χ1v) is 7.21. The van der Waals surface area contributed by atoms with E-state index in [9.17, 15) is 0 Å². The predicted octanol–water partition coefficient (Wildman–Crippen LogP) is 2.52. The molecule has 1 N–H and O–H groups in total. The van der Waals surface area contributed by atoms with E-state index in [0.29, 0.717) is 11.5 Å². The topological polar surface area (TPSA) is 24.5 Å². The van der Waals surface area contributed by atoms with Gasteiger partial charge in [-0.3, -0.25) is 0 Å². The molecule has 0 aliphatic carbocycles. The summed E-state index contributed by atoms with van der Waals surface area (Å²) in [7, 11) is 1.72. The molecule has 104 valence electrons. The minimum atomic E-state index is 0.381. The van der Waals surface area contributed by atoms with Crippen molar-refractivity contribution < 1.29 is 4.74 Å². The van der Waals surface area contributed by atoms with Crippen LogP contribution in [0.15, 0.2) is 24.3 Å². The number of anilines is 1. The first kappa shape index (κ1) is 12.8. The summed E-state index contributed by atoms with van der Waals surface area (Å²) in [5, 5.41) is 3.62. The minimum absolute atomic E-state index is 0.381. The fourth-order valence-electron chi connectivity index (χ4n) is 3.78. The molecule has 3 saturated heterocycles. The van der Waals surface area contributed by atoms with Gasteiger partial charge in [0, 0.05) is 24.8 Å². The van der Waals surface area contributed by atoms with Crippen molar-refractivity contribution in [2.75, 3.05) is 31.6 Å². The van der Waals surface area contributed by atoms with Gasteiger partial charge in [0.15, 0.2) is 0 Å². The Morgan fingerprint density at radius 3 is 2.63 bits per heavy atom. The molecule has 4 rings (SSSR count). The van der Waals surface area contributed by atoms with Crippen LogP contribution >= 0.6 is 0 Å². The van der Waals surface area contributed by atoms with Crippen molar-refractivity contribution in [1.82, 2.24) is 5.32 Å². The van der Waals surface area contributed by atoms with Crippen LogP contribution in [-0.2, 0) is 0 Å². The molecule has 0 radical (unpaired) electrons. The smallest absolute Gasteiger partial charge is 0.119 e. The molecule has 3 nitrogen and oxygen atoms in total. The van der Waals surface area contributed by atoms with Gasteiger partial charge in [-0.2, -0.15) is 0 Å². The SMILES string of the molecule is COc1ccc(N2C[C@H]3CNC[C@@H]2C(C)(C)C3)cc1. The van der Waals surface area contributed by atoms with E-state index in [1.165, 1.54) is 18.7 Å². The predicted molar refractivity (Wildman–Crippen MR) is 78.9 cm³/mol. The highest BCUT2D eigenvalue weighted by molar-refractivity contribution is 5.51. The Morgan fingerprint density at radius 2 is 1.95 bits per heavy atom. The van der Waals surface area contributed by atoms with E-state index in [1.807, 2.05) is 0 Å². The van der Waals surface area contributed by atoms with Gasteiger partial charge in [-0.25, -0.2) is 0 Å². The molecule has 0 saturated carbocycles. The van der Waals surface area contributed by atoms with E-state index in [2.05, 4.69) is 48.3 Å². The van der Waals surface area contributed by atoms with E-state index >= 15 is 0 Å². The van der Waals surface area contributed by atoms with Crippen molar-refractivity contribution in [1.29, 1.82) is 0 Å². The highest BCUT2D eigenvalue weighted by Crippen LogP contribution is 2.41. The van der Waals surface area contributed by atoms with E-state index in [1.54, 1.807) is 7.11 Å². The second kappa shape index (κ2) is 4.71. The highest BCUT2D eigenvalue weighted by Gasteiger charge is 2.43. The Bertz CT molecular complexity index is 441. The summed E-state index contributed by atoms with van der Waals surface area (Å²) in [5.74, 6) is 1.69. The fraction of sp³-hybridized carbons (Fsp3) is 0.625. The van der Waals surface area contributed by atoms with Gasteiger partial charge in [-0.1, -0.05) is 13.8 Å². The molecule has 1 aromatic carbocycles. The van der Waals surface area contributed by atoms with Crippen molar-refractivity contribution in [2.24, 2.45) is 11.3 Å². The fourth-order valence-corrected chi connectivity index (χ4v) is 3.78. The second-order valence-electron chi connectivity index (χ2n) is 6.58. The summed E-state index contributed by atoms with van der Waals surface area (Å²) < 4.78 is 5.25. The monoisotopic (exact) mass is 260 g/mol. The standard InChI is InChI=1S/C16H24N2O/c1-16(2)8-12-9-17-10-15(16)18(11-12)13-4-6-14(19-3)7-5-13/h4-7,12,15,17H,8-11H2,1-3H3/t12-,15-/m1/s1. The van der Waals surface area contributed by atoms with Crippen molar-refractivity contribution in [3.63, 3.8) is 0 Å². The average Bonchev–Trinajstić information content (AvgIpc) is 2.68. The number of benzene rings is 1. The summed E-state index contributed by atoms with van der Waals surface area (Å²) in [4.78, 5) is 2.59. The van der Waals surface area contributed by atoms with Crippen LogP contribution in [0, 0.1) is 11.3 Å². The molecule has 0 spiro atoms. The van der Waals surface area contributed by atoms with Crippen LogP contribution in [0.1, 0.15) is 20.3 Å². The molecule has 2 atom stereocenters. The van der Waals surface area contributed by atoms with Gasteiger partial charge in [0.25, 0.3) is 0 Å². The Morgan fingerprint density at radius 1 is 1.21 bits per heavy atom. The van der Waals surface area contributed by atoms with Gasteiger partial charge in [0.2, 0.25) is 0 Å². The van der Waals surface area contributed by atoms with Crippen molar-refractivity contribution >= 4 is 5.69 Å². The first-order chi connectivity index (χ1) is 9.10. The van der Waals surface area contributed by atoms with Crippen LogP contribution in [0.3, 0.4) is 0 Å². The zero-order chi connectivity index (χ0) is 13.5. The second-order valence-corrected chi connectivity index (χ2v) is 6.58. The third-order valence-electron chi connectivity index (χ3n) is 4.72. The largest absolute Gasteiger partial charge is 0.497 e. The first-order valence-electron chi connectivity index (χ1n) is 7.21. The van der Waals surface area contributed by atoms with Gasteiger partial charge in [0.1, 0.15) is 5.75 Å². The van der Waals surface area contributed by atoms with E-state index < -0.39 is 0 Å². The molecule has 1 aromatic rings. The van der Waals surface area contributed by atoms with E-state index in [0.717, 1.165) is 24.8 Å². The molecule has 0 aromatic heterocycles. The summed E-state index contributed by atoms with van der Waals surface area (Å²) in [6.07, 6.45) is 1.33. The third kappa shape index (κ3) is 2.32. The van der Waals surface area contributed by atoms with Crippen LogP contribution in [0.25, 0.3) is 0 Å². The Kier molecular flexibility index (Phi) is 3.17. The Hall–Kier alpha value is -1.22. The number of fused-ring (bicyclic) bond motifs is 4. The number of methoxy groups -OCH3 is 1. The number of hydrogen-bond donors (Lipinski definition) is 1. The van der Waals surface area contributed by atoms with Gasteiger partial charge in [-0.05, 0) is 48.6 Å². The molecular weight excluding hydrogens is 236 g/mol. The molecule has 3 heterocycles. The van der Waals surface area contributed by atoms with Gasteiger partial charge < -0.3 is 15.0 Å². The molecule has 0 unspecified atom stereocenters. The summed E-state index contributed by atoms with van der Waals surface area (Å²) in [6, 6.07) is 9.09. The summed E-state index contributed by atoms with van der Waals surface area (Å²) in [6.45, 7) is 8.25. The Balaban J connectivity index is 1.90. The average molecular weight is 260 g/mol. The van der Waals surface area contributed by atoms with Crippen LogP contribution in [0.5, 0.6) is 5.75 Å². The van der Waals surface area contributed by atoms with E-state index in [4.69, 9.17) is 4.74 Å². The lowest BCUT2D eigenvalue weighted by molar-refractivity contribution is 0.192. The maximum atomic E-state index is 5.25. The molecule has 19 heavy (non-hydrogen) atoms. The van der Waals surface area contributed by atoms with Gasteiger partial charge in [0.05, 0.1) is 7.11 Å². The lowest BCUT2D eigenvalue weighted by atomic mass is 9.73. The third-order valence-corrected chi connectivity index (χ3v) is 4.72.